The number of nitrogens with one attached hydrogen (secondary N) is 1. The van der Waals surface area contributed by atoms with Gasteiger partial charge in [-0.25, -0.2) is 0 Å². The van der Waals surface area contributed by atoms with Crippen LogP contribution in [-0.2, 0) is 0 Å². The number of piperazine rings is 1. The molecule has 1 aromatic rings. The molecule has 0 aliphatic carbocycles. The zero-order valence-corrected chi connectivity index (χ0v) is 13.7. The molecule has 2 rings (SSSR count). The maximum absolute atomic E-state index is 6.19. The molecule has 1 aliphatic rings. The summed E-state index contributed by atoms with van der Waals surface area (Å²) in [4.78, 5) is 4.77. The third kappa shape index (κ3) is 4.34. The summed E-state index contributed by atoms with van der Waals surface area (Å²) in [5, 5.41) is 4.68. The van der Waals surface area contributed by atoms with E-state index in [9.17, 15) is 0 Å². The molecule has 1 aliphatic heterocycles. The van der Waals surface area contributed by atoms with Crippen LogP contribution in [0.4, 0.5) is 0 Å². The van der Waals surface area contributed by atoms with Crippen LogP contribution in [0.1, 0.15) is 18.0 Å². The van der Waals surface area contributed by atoms with Crippen molar-refractivity contribution in [2.24, 2.45) is 0 Å². The van der Waals surface area contributed by atoms with E-state index in [1.54, 1.807) is 0 Å². The Hall–Kier alpha value is -0.320. The van der Waals surface area contributed by atoms with Gasteiger partial charge < -0.3 is 10.2 Å². The van der Waals surface area contributed by atoms with E-state index in [0.29, 0.717) is 16.1 Å². The first kappa shape index (κ1) is 16.1. The molecule has 0 amide bonds. The van der Waals surface area contributed by atoms with Crippen molar-refractivity contribution in [3.05, 3.63) is 33.8 Å². The van der Waals surface area contributed by atoms with Crippen molar-refractivity contribution < 1.29 is 0 Å². The number of hydrogen-bond acceptors (Lipinski definition) is 3. The minimum absolute atomic E-state index is 0.411. The number of hydrogen-bond donors (Lipinski definition) is 1. The highest BCUT2D eigenvalue weighted by molar-refractivity contribution is 6.42. The molecule has 3 nitrogen and oxygen atoms in total. The third-order valence-corrected chi connectivity index (χ3v) is 4.51. The lowest BCUT2D eigenvalue weighted by molar-refractivity contribution is 0.156. The maximum Gasteiger partial charge on any atom is 0.0595 e. The van der Waals surface area contributed by atoms with Crippen molar-refractivity contribution in [2.45, 2.75) is 12.5 Å². The zero-order valence-electron chi connectivity index (χ0n) is 12.2. The van der Waals surface area contributed by atoms with Crippen LogP contribution in [-0.4, -0.2) is 56.6 Å². The van der Waals surface area contributed by atoms with Crippen LogP contribution in [0.25, 0.3) is 0 Å². The molecular weight excluding hydrogens is 293 g/mol. The zero-order chi connectivity index (χ0) is 14.5. The quantitative estimate of drug-likeness (QED) is 0.901. The van der Waals surface area contributed by atoms with Gasteiger partial charge in [-0.15, -0.1) is 0 Å². The fourth-order valence-corrected chi connectivity index (χ4v) is 2.96. The Kier molecular flexibility index (Phi) is 6.12. The summed E-state index contributed by atoms with van der Waals surface area (Å²) in [6.45, 7) is 5.34. The predicted octanol–water partition coefficient (Wildman–Crippen LogP) is 2.89. The van der Waals surface area contributed by atoms with E-state index < -0.39 is 0 Å². The molecule has 20 heavy (non-hydrogen) atoms. The summed E-state index contributed by atoms with van der Waals surface area (Å²) in [6, 6.07) is 6.45. The first-order chi connectivity index (χ1) is 9.58. The lowest BCUT2D eigenvalue weighted by atomic mass is 10.0. The van der Waals surface area contributed by atoms with Crippen LogP contribution >= 0.6 is 23.2 Å². The van der Waals surface area contributed by atoms with Crippen molar-refractivity contribution in [3.63, 3.8) is 0 Å². The highest BCUT2D eigenvalue weighted by Crippen LogP contribution is 2.30. The van der Waals surface area contributed by atoms with Gasteiger partial charge in [-0.2, -0.15) is 0 Å². The lowest BCUT2D eigenvalue weighted by Gasteiger charge is -2.36. The van der Waals surface area contributed by atoms with E-state index in [-0.39, 0.29) is 0 Å². The predicted molar refractivity (Wildman–Crippen MR) is 86.8 cm³/mol. The Morgan fingerprint density at radius 3 is 2.50 bits per heavy atom. The minimum Gasteiger partial charge on any atom is -0.314 e. The third-order valence-electron chi connectivity index (χ3n) is 3.77. The Morgan fingerprint density at radius 1 is 1.20 bits per heavy atom. The highest BCUT2D eigenvalue weighted by Gasteiger charge is 2.22. The van der Waals surface area contributed by atoms with Gasteiger partial charge >= 0.3 is 0 Å². The van der Waals surface area contributed by atoms with Gasteiger partial charge in [0.05, 0.1) is 10.0 Å². The molecule has 0 radical (unpaired) electrons. The molecule has 1 atom stereocenters. The van der Waals surface area contributed by atoms with E-state index in [1.165, 1.54) is 5.56 Å². The van der Waals surface area contributed by atoms with Gasteiger partial charge in [0.15, 0.2) is 0 Å². The average Bonchev–Trinajstić information content (AvgIpc) is 2.44. The van der Waals surface area contributed by atoms with Crippen LogP contribution in [0.2, 0.25) is 10.0 Å². The summed E-state index contributed by atoms with van der Waals surface area (Å²) in [6.07, 6.45) is 1.10. The first-order valence-corrected chi connectivity index (χ1v) is 7.88. The summed E-state index contributed by atoms with van der Waals surface area (Å²) in [5.41, 5.74) is 1.27. The van der Waals surface area contributed by atoms with Crippen LogP contribution in [0.3, 0.4) is 0 Å². The molecule has 112 valence electrons. The monoisotopic (exact) mass is 315 g/mol. The van der Waals surface area contributed by atoms with Crippen molar-refractivity contribution in [3.8, 4) is 0 Å². The molecule has 0 spiro atoms. The summed E-state index contributed by atoms with van der Waals surface area (Å²) >= 11 is 12.2. The van der Waals surface area contributed by atoms with Gasteiger partial charge in [0.25, 0.3) is 0 Å². The smallest absolute Gasteiger partial charge is 0.0595 e. The fraction of sp³-hybridized carbons (Fsp3) is 0.600. The van der Waals surface area contributed by atoms with Crippen LogP contribution in [0.15, 0.2) is 18.2 Å². The molecule has 1 saturated heterocycles. The molecule has 1 aromatic carbocycles. The summed E-state index contributed by atoms with van der Waals surface area (Å²) in [7, 11) is 4.23. The van der Waals surface area contributed by atoms with E-state index in [2.05, 4.69) is 35.3 Å². The average molecular weight is 316 g/mol. The number of benzene rings is 1. The van der Waals surface area contributed by atoms with Gasteiger partial charge in [-0.1, -0.05) is 29.3 Å². The first-order valence-electron chi connectivity index (χ1n) is 7.12. The van der Waals surface area contributed by atoms with Crippen LogP contribution in [0, 0.1) is 0 Å². The van der Waals surface area contributed by atoms with Crippen LogP contribution < -0.4 is 5.32 Å². The summed E-state index contributed by atoms with van der Waals surface area (Å²) in [5.74, 6) is 0. The summed E-state index contributed by atoms with van der Waals surface area (Å²) < 4.78 is 0. The molecule has 1 unspecified atom stereocenters. The molecule has 0 saturated carbocycles. The van der Waals surface area contributed by atoms with E-state index in [1.807, 2.05) is 12.1 Å². The van der Waals surface area contributed by atoms with Crippen molar-refractivity contribution in [1.29, 1.82) is 0 Å². The van der Waals surface area contributed by atoms with Crippen molar-refractivity contribution >= 4 is 23.2 Å². The largest absolute Gasteiger partial charge is 0.314 e. The van der Waals surface area contributed by atoms with Gasteiger partial charge in [-0.05, 0) is 44.8 Å². The molecule has 1 N–H and O–H groups in total. The Bertz CT molecular complexity index is 431. The lowest BCUT2D eigenvalue weighted by Crippen LogP contribution is -2.45. The molecular formula is C15H23Cl2N3. The van der Waals surface area contributed by atoms with E-state index >= 15 is 0 Å². The van der Waals surface area contributed by atoms with Gasteiger partial charge in [-0.3, -0.25) is 4.90 Å². The molecule has 5 heteroatoms. The second-order valence-electron chi connectivity index (χ2n) is 5.57. The van der Waals surface area contributed by atoms with Gasteiger partial charge in [0.1, 0.15) is 0 Å². The van der Waals surface area contributed by atoms with Crippen LogP contribution in [0.5, 0.6) is 0 Å². The maximum atomic E-state index is 6.19. The van der Waals surface area contributed by atoms with Crippen molar-refractivity contribution in [1.82, 2.24) is 15.1 Å². The second kappa shape index (κ2) is 7.62. The Morgan fingerprint density at radius 2 is 1.90 bits per heavy atom. The molecule has 1 fully saturated rings. The highest BCUT2D eigenvalue weighted by atomic mass is 35.5. The fourth-order valence-electron chi connectivity index (χ4n) is 2.65. The standard InChI is InChI=1S/C15H23Cl2N3/c1-19(2)8-5-15(20-9-6-18-7-10-20)12-3-4-13(16)14(17)11-12/h3-4,11,15,18H,5-10H2,1-2H3. The normalized spacial score (nSPS) is 18.4. The van der Waals surface area contributed by atoms with Gasteiger partial charge in [0.2, 0.25) is 0 Å². The Labute approximate surface area is 131 Å². The van der Waals surface area contributed by atoms with Gasteiger partial charge in [0, 0.05) is 32.2 Å². The SMILES string of the molecule is CN(C)CCC(c1ccc(Cl)c(Cl)c1)N1CCNCC1. The molecule has 0 aromatic heterocycles. The minimum atomic E-state index is 0.411. The second-order valence-corrected chi connectivity index (χ2v) is 6.38. The molecule has 1 heterocycles. The molecule has 0 bridgehead atoms. The van der Waals surface area contributed by atoms with Crippen molar-refractivity contribution in [2.75, 3.05) is 46.8 Å². The Balaban J connectivity index is 2.17. The van der Waals surface area contributed by atoms with E-state index in [0.717, 1.165) is 39.1 Å². The number of nitrogens with zero attached hydrogens (tertiary/aromatic N) is 2. The topological polar surface area (TPSA) is 18.5 Å². The number of halogens is 2. The number of rotatable bonds is 5. The van der Waals surface area contributed by atoms with E-state index in [4.69, 9.17) is 23.2 Å².